The molecule has 1 saturated heterocycles. The number of hydrogen-bond donors (Lipinski definition) is 1. The topological polar surface area (TPSA) is 88.6 Å². The maximum atomic E-state index is 12.5. The van der Waals surface area contributed by atoms with Gasteiger partial charge in [0.25, 0.3) is 5.91 Å². The molecule has 1 N–H and O–H groups in total. The summed E-state index contributed by atoms with van der Waals surface area (Å²) in [6.45, 7) is 0.958. The van der Waals surface area contributed by atoms with Crippen molar-refractivity contribution in [2.75, 3.05) is 25.0 Å². The van der Waals surface area contributed by atoms with E-state index in [9.17, 15) is 13.2 Å². The van der Waals surface area contributed by atoms with E-state index in [2.05, 4.69) is 9.69 Å². The van der Waals surface area contributed by atoms with Gasteiger partial charge in [-0.2, -0.15) is 8.68 Å². The van der Waals surface area contributed by atoms with Gasteiger partial charge in [0.05, 0.1) is 9.60 Å². The van der Waals surface area contributed by atoms with Gasteiger partial charge in [0.15, 0.2) is 6.61 Å². The maximum absolute atomic E-state index is 12.5. The van der Waals surface area contributed by atoms with Crippen LogP contribution in [0.5, 0.6) is 5.75 Å². The van der Waals surface area contributed by atoms with Crippen molar-refractivity contribution in [2.45, 2.75) is 17.7 Å². The van der Waals surface area contributed by atoms with Crippen molar-refractivity contribution >= 4 is 43.2 Å². The van der Waals surface area contributed by atoms with Gasteiger partial charge in [-0.25, -0.2) is 8.42 Å². The molecule has 0 aliphatic carbocycles. The quantitative estimate of drug-likeness (QED) is 0.666. The van der Waals surface area contributed by atoms with E-state index in [1.165, 1.54) is 28.0 Å². The number of carbonyl (C=O) groups is 1. The Bertz CT molecular complexity index is 1090. The molecule has 1 aliphatic heterocycles. The van der Waals surface area contributed by atoms with Crippen molar-refractivity contribution in [3.05, 3.63) is 48.7 Å². The number of hydrogen-bond acceptors (Lipinski definition) is 6. The molecule has 0 saturated carbocycles. The molecule has 4 rings (SSSR count). The summed E-state index contributed by atoms with van der Waals surface area (Å²) < 4.78 is 37.1. The van der Waals surface area contributed by atoms with Crippen molar-refractivity contribution < 1.29 is 17.9 Å². The van der Waals surface area contributed by atoms with Gasteiger partial charge in [-0.1, -0.05) is 0 Å². The average molecular weight is 418 g/mol. The highest BCUT2D eigenvalue weighted by Gasteiger charge is 2.26. The number of rotatable bonds is 6. The van der Waals surface area contributed by atoms with E-state index in [1.54, 1.807) is 18.3 Å². The lowest BCUT2D eigenvalue weighted by atomic mass is 10.2. The van der Waals surface area contributed by atoms with Gasteiger partial charge in [0.1, 0.15) is 5.75 Å². The summed E-state index contributed by atoms with van der Waals surface area (Å²) in [7, 11) is -3.45. The Morgan fingerprint density at radius 1 is 1.14 bits per heavy atom. The Hall–Kier alpha value is -2.49. The fourth-order valence-corrected chi connectivity index (χ4v) is 5.22. The molecule has 0 bridgehead atoms. The lowest BCUT2D eigenvalue weighted by Crippen LogP contribution is -2.27. The molecule has 0 radical (unpaired) electrons. The number of nitrogens with zero attached hydrogens (tertiary/aromatic N) is 2. The van der Waals surface area contributed by atoms with Crippen LogP contribution in [0.1, 0.15) is 12.8 Å². The molecule has 9 heteroatoms. The van der Waals surface area contributed by atoms with Gasteiger partial charge < -0.3 is 10.1 Å². The predicted octanol–water partition coefficient (Wildman–Crippen LogP) is 3.10. The van der Waals surface area contributed by atoms with Crippen LogP contribution in [-0.4, -0.2) is 42.7 Å². The number of amides is 1. The summed E-state index contributed by atoms with van der Waals surface area (Å²) in [4.78, 5) is 12.3. The standard InChI is InChI=1S/C19H19N3O4S2/c23-19(21-15-3-8-18-14(11-15)12-20-27-18)13-26-16-4-6-17(7-5-16)28(24,25)22-9-1-2-10-22/h3-8,11-12H,1-2,9-10,13H2,(H,21,23). The van der Waals surface area contributed by atoms with Gasteiger partial charge in [-0.05, 0) is 66.8 Å². The number of carbonyl (C=O) groups excluding carboxylic acids is 1. The van der Waals surface area contributed by atoms with Crippen molar-refractivity contribution in [3.8, 4) is 5.75 Å². The summed E-state index contributed by atoms with van der Waals surface area (Å²) in [6.07, 6.45) is 3.54. The first-order chi connectivity index (χ1) is 13.5. The molecular weight excluding hydrogens is 398 g/mol. The van der Waals surface area contributed by atoms with Crippen LogP contribution in [0.15, 0.2) is 53.6 Å². The number of fused-ring (bicyclic) bond motifs is 1. The fraction of sp³-hybridized carbons (Fsp3) is 0.263. The second-order valence-electron chi connectivity index (χ2n) is 6.50. The molecule has 1 aliphatic rings. The molecule has 7 nitrogen and oxygen atoms in total. The lowest BCUT2D eigenvalue weighted by Gasteiger charge is -2.15. The number of nitrogens with one attached hydrogen (secondary N) is 1. The van der Waals surface area contributed by atoms with Gasteiger partial charge in [0.2, 0.25) is 10.0 Å². The number of aromatic nitrogens is 1. The summed E-state index contributed by atoms with van der Waals surface area (Å²) in [5, 5.41) is 3.75. The van der Waals surface area contributed by atoms with E-state index in [-0.39, 0.29) is 17.4 Å². The molecule has 1 aromatic heterocycles. The van der Waals surface area contributed by atoms with Crippen LogP contribution in [-0.2, 0) is 14.8 Å². The molecule has 28 heavy (non-hydrogen) atoms. The van der Waals surface area contributed by atoms with Gasteiger partial charge in [-0.15, -0.1) is 0 Å². The Morgan fingerprint density at radius 3 is 2.64 bits per heavy atom. The van der Waals surface area contributed by atoms with Gasteiger partial charge in [0, 0.05) is 30.4 Å². The van der Waals surface area contributed by atoms with Crippen molar-refractivity contribution in [1.29, 1.82) is 0 Å². The second kappa shape index (κ2) is 7.86. The largest absolute Gasteiger partial charge is 0.484 e. The monoisotopic (exact) mass is 417 g/mol. The molecule has 3 aromatic rings. The highest BCUT2D eigenvalue weighted by atomic mass is 32.2. The van der Waals surface area contributed by atoms with E-state index >= 15 is 0 Å². The summed E-state index contributed by atoms with van der Waals surface area (Å²) in [5.41, 5.74) is 0.674. The first kappa shape index (κ1) is 18.9. The summed E-state index contributed by atoms with van der Waals surface area (Å²) in [6, 6.07) is 11.7. The van der Waals surface area contributed by atoms with Crippen LogP contribution in [0.3, 0.4) is 0 Å². The Kier molecular flexibility index (Phi) is 5.29. The van der Waals surface area contributed by atoms with Gasteiger partial charge >= 0.3 is 0 Å². The molecule has 2 heterocycles. The maximum Gasteiger partial charge on any atom is 0.262 e. The van der Waals surface area contributed by atoms with E-state index in [1.807, 2.05) is 18.2 Å². The van der Waals surface area contributed by atoms with Crippen LogP contribution < -0.4 is 10.1 Å². The van der Waals surface area contributed by atoms with Crippen LogP contribution in [0.25, 0.3) is 10.1 Å². The van der Waals surface area contributed by atoms with Gasteiger partial charge in [-0.3, -0.25) is 4.79 Å². The Labute approximate surface area is 167 Å². The first-order valence-electron chi connectivity index (χ1n) is 8.90. The highest BCUT2D eigenvalue weighted by molar-refractivity contribution is 7.89. The van der Waals surface area contributed by atoms with Crippen molar-refractivity contribution in [1.82, 2.24) is 8.68 Å². The average Bonchev–Trinajstić information content (AvgIpc) is 3.38. The third-order valence-corrected chi connectivity index (χ3v) is 7.23. The number of ether oxygens (including phenoxy) is 1. The van der Waals surface area contributed by atoms with Crippen LogP contribution >= 0.6 is 11.5 Å². The molecule has 0 atom stereocenters. The molecular formula is C19H19N3O4S2. The van der Waals surface area contributed by atoms with Crippen molar-refractivity contribution in [3.63, 3.8) is 0 Å². The van der Waals surface area contributed by atoms with Crippen molar-refractivity contribution in [2.24, 2.45) is 0 Å². The fourth-order valence-electron chi connectivity index (χ4n) is 3.08. The highest BCUT2D eigenvalue weighted by Crippen LogP contribution is 2.24. The third kappa shape index (κ3) is 4.01. The molecule has 1 amide bonds. The Morgan fingerprint density at radius 2 is 1.89 bits per heavy atom. The first-order valence-corrected chi connectivity index (χ1v) is 11.1. The van der Waals surface area contributed by atoms with E-state index < -0.39 is 10.0 Å². The predicted molar refractivity (Wildman–Crippen MR) is 108 cm³/mol. The molecule has 0 spiro atoms. The molecule has 0 unspecified atom stereocenters. The third-order valence-electron chi connectivity index (χ3n) is 4.53. The zero-order chi connectivity index (χ0) is 19.6. The SMILES string of the molecule is O=C(COc1ccc(S(=O)(=O)N2CCCC2)cc1)Nc1ccc2sncc2c1. The van der Waals surface area contributed by atoms with E-state index in [4.69, 9.17) is 4.74 Å². The minimum atomic E-state index is -3.45. The van der Waals surface area contributed by atoms with Crippen LogP contribution in [0, 0.1) is 0 Å². The number of anilines is 1. The van der Waals surface area contributed by atoms with E-state index in [0.29, 0.717) is 24.5 Å². The van der Waals surface area contributed by atoms with Crippen LogP contribution in [0.4, 0.5) is 5.69 Å². The second-order valence-corrected chi connectivity index (χ2v) is 9.27. The number of sulfonamides is 1. The Balaban J connectivity index is 1.34. The van der Waals surface area contributed by atoms with E-state index in [0.717, 1.165) is 22.9 Å². The normalized spacial score (nSPS) is 15.0. The minimum absolute atomic E-state index is 0.169. The minimum Gasteiger partial charge on any atom is -0.484 e. The number of benzene rings is 2. The van der Waals surface area contributed by atoms with Crippen LogP contribution in [0.2, 0.25) is 0 Å². The zero-order valence-corrected chi connectivity index (χ0v) is 16.6. The summed E-state index contributed by atoms with van der Waals surface area (Å²) >= 11 is 1.40. The zero-order valence-electron chi connectivity index (χ0n) is 15.0. The summed E-state index contributed by atoms with van der Waals surface area (Å²) in [5.74, 6) is 0.143. The lowest BCUT2D eigenvalue weighted by molar-refractivity contribution is -0.118. The molecule has 2 aromatic carbocycles. The molecule has 146 valence electrons. The molecule has 1 fully saturated rings. The smallest absolute Gasteiger partial charge is 0.262 e.